The smallest absolute Gasteiger partial charge is 0.123 e. The molecule has 19 heavy (non-hydrogen) atoms. The lowest BCUT2D eigenvalue weighted by Gasteiger charge is -2.30. The summed E-state index contributed by atoms with van der Waals surface area (Å²) in [7, 11) is 2.20. The fourth-order valence-electron chi connectivity index (χ4n) is 3.07. The number of benzene rings is 1. The van der Waals surface area contributed by atoms with E-state index in [-0.39, 0.29) is 0 Å². The summed E-state index contributed by atoms with van der Waals surface area (Å²) in [5, 5.41) is 3.68. The number of hydrogen-bond acceptors (Lipinski definition) is 3. The van der Waals surface area contributed by atoms with Crippen LogP contribution in [0.15, 0.2) is 18.2 Å². The molecule has 1 unspecified atom stereocenters. The molecule has 1 saturated heterocycles. The zero-order valence-electron chi connectivity index (χ0n) is 12.0. The van der Waals surface area contributed by atoms with Crippen LogP contribution in [0.1, 0.15) is 24.0 Å². The van der Waals surface area contributed by atoms with E-state index in [9.17, 15) is 0 Å². The van der Waals surface area contributed by atoms with Crippen LogP contribution in [-0.2, 0) is 6.42 Å². The monoisotopic (exact) mass is 260 g/mol. The number of aryl methyl sites for hydroxylation is 1. The second-order valence-corrected chi connectivity index (χ2v) is 6.04. The first kappa shape index (κ1) is 12.9. The molecule has 2 aliphatic rings. The van der Waals surface area contributed by atoms with Gasteiger partial charge in [0.2, 0.25) is 0 Å². The van der Waals surface area contributed by atoms with Crippen molar-refractivity contribution in [2.45, 2.75) is 38.3 Å². The van der Waals surface area contributed by atoms with Crippen molar-refractivity contribution in [3.05, 3.63) is 29.3 Å². The fourth-order valence-corrected chi connectivity index (χ4v) is 3.07. The summed E-state index contributed by atoms with van der Waals surface area (Å²) in [6.07, 6.45) is 3.89. The Morgan fingerprint density at radius 1 is 1.32 bits per heavy atom. The van der Waals surface area contributed by atoms with Gasteiger partial charge in [-0.2, -0.15) is 0 Å². The Balaban J connectivity index is 1.48. The molecule has 1 atom stereocenters. The van der Waals surface area contributed by atoms with Crippen LogP contribution >= 0.6 is 0 Å². The third-order valence-electron chi connectivity index (χ3n) is 4.31. The summed E-state index contributed by atoms with van der Waals surface area (Å²) in [5.74, 6) is 1.08. The van der Waals surface area contributed by atoms with Gasteiger partial charge in [0.25, 0.3) is 0 Å². The van der Waals surface area contributed by atoms with Crippen molar-refractivity contribution in [2.24, 2.45) is 0 Å². The summed E-state index contributed by atoms with van der Waals surface area (Å²) >= 11 is 0. The minimum Gasteiger partial charge on any atom is -0.488 e. The molecule has 3 heteroatoms. The summed E-state index contributed by atoms with van der Waals surface area (Å²) in [5.41, 5.74) is 2.70. The number of ether oxygens (including phenoxy) is 1. The van der Waals surface area contributed by atoms with Crippen LogP contribution in [0.3, 0.4) is 0 Å². The Bertz CT molecular complexity index is 438. The average molecular weight is 260 g/mol. The summed E-state index contributed by atoms with van der Waals surface area (Å²) in [6, 6.07) is 7.17. The molecule has 0 radical (unpaired) electrons. The Morgan fingerprint density at radius 2 is 2.11 bits per heavy atom. The summed E-state index contributed by atoms with van der Waals surface area (Å²) < 4.78 is 6.00. The lowest BCUT2D eigenvalue weighted by atomic mass is 10.0. The SMILES string of the molecule is Cc1ccc2c(c1)CC(CNC1CCN(C)CC1)O2. The van der Waals surface area contributed by atoms with Gasteiger partial charge in [0.15, 0.2) is 0 Å². The van der Waals surface area contributed by atoms with Crippen LogP contribution in [0.2, 0.25) is 0 Å². The van der Waals surface area contributed by atoms with Crippen LogP contribution in [-0.4, -0.2) is 43.7 Å². The molecule has 2 heterocycles. The van der Waals surface area contributed by atoms with E-state index in [2.05, 4.69) is 42.4 Å². The molecule has 3 nitrogen and oxygen atoms in total. The lowest BCUT2D eigenvalue weighted by molar-refractivity contribution is 0.194. The Morgan fingerprint density at radius 3 is 2.89 bits per heavy atom. The van der Waals surface area contributed by atoms with Crippen LogP contribution in [0.4, 0.5) is 0 Å². The Kier molecular flexibility index (Phi) is 3.76. The predicted octanol–water partition coefficient (Wildman–Crippen LogP) is 1.98. The van der Waals surface area contributed by atoms with Crippen molar-refractivity contribution in [3.8, 4) is 5.75 Å². The first-order valence-electron chi connectivity index (χ1n) is 7.39. The molecule has 0 aromatic heterocycles. The van der Waals surface area contributed by atoms with E-state index in [0.717, 1.165) is 18.7 Å². The largest absolute Gasteiger partial charge is 0.488 e. The van der Waals surface area contributed by atoms with E-state index in [1.54, 1.807) is 0 Å². The second kappa shape index (κ2) is 5.51. The molecular formula is C16H24N2O. The van der Waals surface area contributed by atoms with Crippen LogP contribution in [0.5, 0.6) is 5.75 Å². The number of nitrogens with zero attached hydrogens (tertiary/aromatic N) is 1. The highest BCUT2D eigenvalue weighted by Gasteiger charge is 2.24. The van der Waals surface area contributed by atoms with E-state index in [4.69, 9.17) is 4.74 Å². The van der Waals surface area contributed by atoms with Crippen molar-refractivity contribution in [1.29, 1.82) is 0 Å². The quantitative estimate of drug-likeness (QED) is 0.899. The van der Waals surface area contributed by atoms with Gasteiger partial charge in [-0.1, -0.05) is 17.7 Å². The molecule has 0 aliphatic carbocycles. The zero-order valence-corrected chi connectivity index (χ0v) is 12.0. The predicted molar refractivity (Wildman–Crippen MR) is 77.8 cm³/mol. The van der Waals surface area contributed by atoms with Crippen molar-refractivity contribution >= 4 is 0 Å². The van der Waals surface area contributed by atoms with Gasteiger partial charge in [-0.05, 0) is 51.5 Å². The van der Waals surface area contributed by atoms with Gasteiger partial charge < -0.3 is 15.0 Å². The second-order valence-electron chi connectivity index (χ2n) is 6.04. The van der Waals surface area contributed by atoms with Gasteiger partial charge in [-0.15, -0.1) is 0 Å². The average Bonchev–Trinajstić information content (AvgIpc) is 2.80. The molecule has 0 spiro atoms. The normalized spacial score (nSPS) is 24.2. The molecular weight excluding hydrogens is 236 g/mol. The van der Waals surface area contributed by atoms with Crippen LogP contribution in [0.25, 0.3) is 0 Å². The van der Waals surface area contributed by atoms with E-state index in [1.165, 1.54) is 37.1 Å². The molecule has 2 aliphatic heterocycles. The summed E-state index contributed by atoms with van der Waals surface area (Å²) in [6.45, 7) is 5.54. The van der Waals surface area contributed by atoms with Gasteiger partial charge in [-0.25, -0.2) is 0 Å². The van der Waals surface area contributed by atoms with Gasteiger partial charge in [0.1, 0.15) is 11.9 Å². The molecule has 3 rings (SSSR count). The highest BCUT2D eigenvalue weighted by Crippen LogP contribution is 2.29. The van der Waals surface area contributed by atoms with Crippen molar-refractivity contribution in [3.63, 3.8) is 0 Å². The van der Waals surface area contributed by atoms with E-state index >= 15 is 0 Å². The number of likely N-dealkylation sites (tertiary alicyclic amines) is 1. The molecule has 0 bridgehead atoms. The Hall–Kier alpha value is -1.06. The van der Waals surface area contributed by atoms with Crippen molar-refractivity contribution < 1.29 is 4.74 Å². The van der Waals surface area contributed by atoms with Gasteiger partial charge in [0.05, 0.1) is 0 Å². The van der Waals surface area contributed by atoms with Crippen molar-refractivity contribution in [2.75, 3.05) is 26.7 Å². The maximum absolute atomic E-state index is 6.00. The third kappa shape index (κ3) is 3.10. The van der Waals surface area contributed by atoms with Crippen LogP contribution in [0, 0.1) is 6.92 Å². The number of hydrogen-bond donors (Lipinski definition) is 1. The summed E-state index contributed by atoms with van der Waals surface area (Å²) in [4.78, 5) is 2.41. The highest BCUT2D eigenvalue weighted by atomic mass is 16.5. The molecule has 1 N–H and O–H groups in total. The maximum atomic E-state index is 6.00. The standard InChI is InChI=1S/C16H24N2O/c1-12-3-4-16-13(9-12)10-15(19-16)11-17-14-5-7-18(2)8-6-14/h3-4,9,14-15,17H,5-8,10-11H2,1-2H3. The molecule has 1 aromatic rings. The van der Waals surface area contributed by atoms with Gasteiger partial charge >= 0.3 is 0 Å². The minimum absolute atomic E-state index is 0.316. The topological polar surface area (TPSA) is 24.5 Å². The maximum Gasteiger partial charge on any atom is 0.123 e. The van der Waals surface area contributed by atoms with Crippen LogP contribution < -0.4 is 10.1 Å². The molecule has 0 amide bonds. The lowest BCUT2D eigenvalue weighted by Crippen LogP contribution is -2.44. The van der Waals surface area contributed by atoms with Crippen molar-refractivity contribution in [1.82, 2.24) is 10.2 Å². The number of fused-ring (bicyclic) bond motifs is 1. The zero-order chi connectivity index (χ0) is 13.2. The molecule has 1 fully saturated rings. The number of piperidine rings is 1. The number of nitrogens with one attached hydrogen (secondary N) is 1. The molecule has 1 aromatic carbocycles. The number of rotatable bonds is 3. The minimum atomic E-state index is 0.316. The molecule has 104 valence electrons. The highest BCUT2D eigenvalue weighted by molar-refractivity contribution is 5.40. The van der Waals surface area contributed by atoms with E-state index < -0.39 is 0 Å². The van der Waals surface area contributed by atoms with E-state index in [1.807, 2.05) is 0 Å². The first-order chi connectivity index (χ1) is 9.20. The fraction of sp³-hybridized carbons (Fsp3) is 0.625. The van der Waals surface area contributed by atoms with Gasteiger partial charge in [0, 0.05) is 19.0 Å². The third-order valence-corrected chi connectivity index (χ3v) is 4.31. The first-order valence-corrected chi connectivity index (χ1v) is 7.39. The Labute approximate surface area is 115 Å². The molecule has 0 saturated carbocycles. The van der Waals surface area contributed by atoms with Gasteiger partial charge in [-0.3, -0.25) is 0 Å². The van der Waals surface area contributed by atoms with E-state index in [0.29, 0.717) is 12.1 Å².